The number of benzene rings is 2. The van der Waals surface area contributed by atoms with Gasteiger partial charge in [-0.25, -0.2) is 0 Å². The summed E-state index contributed by atoms with van der Waals surface area (Å²) in [5.74, 6) is 0. The van der Waals surface area contributed by atoms with Gasteiger partial charge in [0.15, 0.2) is 0 Å². The first-order chi connectivity index (χ1) is 12.0. The van der Waals surface area contributed by atoms with Gasteiger partial charge in [-0.05, 0) is 13.8 Å². The molecule has 0 N–H and O–H groups in total. The minimum absolute atomic E-state index is 1.33. The molecule has 0 fully saturated rings. The van der Waals surface area contributed by atoms with Crippen molar-refractivity contribution in [3.8, 4) is 0 Å². The maximum absolute atomic E-state index is 5.39. The number of hydrogen-bond acceptors (Lipinski definition) is 0. The standard InChI is InChI=1S/2C10H9.C2H4.2ClH.Hf/c2*1-8-5-6-9-3-2-4-10(9)7-8;1-2;;;/h2*2-7H,1H3;1H,2H3;2*1H;/q2*-1;;;;+2/p-2. The summed E-state index contributed by atoms with van der Waals surface area (Å²) in [5.41, 5.74) is 2.66. The summed E-state index contributed by atoms with van der Waals surface area (Å²) in [5, 5.41) is 5.37. The molecule has 0 heterocycles. The minimum atomic E-state index is -1.88. The van der Waals surface area contributed by atoms with Gasteiger partial charge in [-0.3, -0.25) is 0 Å². The molecule has 0 saturated heterocycles. The van der Waals surface area contributed by atoms with E-state index in [4.69, 9.17) is 17.2 Å². The molecule has 3 heteroatoms. The van der Waals surface area contributed by atoms with E-state index in [1.807, 2.05) is 10.7 Å². The first-order valence-electron chi connectivity index (χ1n) is 8.21. The second-order valence-electron chi connectivity index (χ2n) is 5.89. The van der Waals surface area contributed by atoms with Crippen LogP contribution in [-0.4, -0.2) is 3.76 Å². The van der Waals surface area contributed by atoms with Crippen LogP contribution in [0.1, 0.15) is 18.1 Å². The van der Waals surface area contributed by atoms with Crippen LogP contribution in [0.25, 0.3) is 21.5 Å². The summed E-state index contributed by atoms with van der Waals surface area (Å²) in [6.45, 7) is 6.14. The molecule has 0 aliphatic heterocycles. The molecular weight excluding hydrogens is 514 g/mol. The Kier molecular flexibility index (Phi) is 8.29. The molecule has 4 rings (SSSR count). The van der Waals surface area contributed by atoms with Crippen molar-refractivity contribution in [3.05, 3.63) is 83.9 Å². The molecule has 0 saturated carbocycles. The molecule has 0 bridgehead atoms. The molecule has 0 amide bonds. The molecule has 0 aliphatic carbocycles. The summed E-state index contributed by atoms with van der Waals surface area (Å²) >= 11 is -1.88. The van der Waals surface area contributed by atoms with E-state index in [1.54, 1.807) is 0 Å². The maximum Gasteiger partial charge on any atom is -0.0486 e. The molecule has 0 atom stereocenters. The Labute approximate surface area is 164 Å². The first-order valence-corrected chi connectivity index (χ1v) is 19.2. The van der Waals surface area contributed by atoms with Crippen molar-refractivity contribution < 1.29 is 18.6 Å². The molecule has 25 heavy (non-hydrogen) atoms. The van der Waals surface area contributed by atoms with Gasteiger partial charge in [-0.15, -0.1) is 57.9 Å². The summed E-state index contributed by atoms with van der Waals surface area (Å²) in [4.78, 5) is 0. The van der Waals surface area contributed by atoms with Crippen molar-refractivity contribution in [2.75, 3.05) is 0 Å². The molecule has 4 aromatic rings. The third-order valence-electron chi connectivity index (χ3n) is 3.81. The number of halogens is 2. The Bertz CT molecular complexity index is 884. The average Bonchev–Trinajstić information content (AvgIpc) is 3.23. The predicted molar refractivity (Wildman–Crippen MR) is 112 cm³/mol. The Hall–Kier alpha value is -1.02. The predicted octanol–water partition coefficient (Wildman–Crippen LogP) is 7.47. The van der Waals surface area contributed by atoms with Crippen LogP contribution in [0.5, 0.6) is 0 Å². The second kappa shape index (κ2) is 10.2. The smallest absolute Gasteiger partial charge is 0.0486 e. The molecule has 130 valence electrons. The van der Waals surface area contributed by atoms with Gasteiger partial charge in [-0.1, -0.05) is 23.3 Å². The van der Waals surface area contributed by atoms with Gasteiger partial charge >= 0.3 is 46.4 Å². The largest absolute Gasteiger partial charge is 0.168 e. The van der Waals surface area contributed by atoms with Crippen molar-refractivity contribution in [1.82, 2.24) is 0 Å². The second-order valence-corrected chi connectivity index (χ2v) is 18.3. The molecule has 0 aliphatic rings. The normalized spacial score (nSPS) is 9.80. The molecule has 4 aromatic carbocycles. The van der Waals surface area contributed by atoms with Crippen LogP contribution < -0.4 is 0 Å². The van der Waals surface area contributed by atoms with Gasteiger partial charge in [-0.2, -0.15) is 24.3 Å². The minimum Gasteiger partial charge on any atom is -0.168 e. The van der Waals surface area contributed by atoms with Gasteiger partial charge in [0.2, 0.25) is 0 Å². The number of rotatable bonds is 0. The van der Waals surface area contributed by atoms with Gasteiger partial charge in [0, 0.05) is 0 Å². The van der Waals surface area contributed by atoms with Gasteiger partial charge in [0.05, 0.1) is 0 Å². The Morgan fingerprint density at radius 3 is 1.52 bits per heavy atom. The molecular formula is C22H22Cl2Hf-2. The van der Waals surface area contributed by atoms with Crippen molar-refractivity contribution in [3.63, 3.8) is 0 Å². The Morgan fingerprint density at radius 2 is 1.16 bits per heavy atom. The molecule has 0 nitrogen and oxygen atoms in total. The van der Waals surface area contributed by atoms with E-state index in [0.717, 1.165) is 0 Å². The van der Waals surface area contributed by atoms with Crippen LogP contribution in [0.4, 0.5) is 0 Å². The third kappa shape index (κ3) is 6.66. The van der Waals surface area contributed by atoms with Crippen molar-refractivity contribution in [2.45, 2.75) is 20.8 Å². The van der Waals surface area contributed by atoms with E-state index in [0.29, 0.717) is 0 Å². The quantitative estimate of drug-likeness (QED) is 0.162. The number of hydrogen-bond donors (Lipinski definition) is 0. The van der Waals surface area contributed by atoms with Crippen molar-refractivity contribution in [1.29, 1.82) is 0 Å². The van der Waals surface area contributed by atoms with Crippen LogP contribution in [-0.2, 0) is 18.6 Å². The average molecular weight is 536 g/mol. The van der Waals surface area contributed by atoms with E-state index in [1.165, 1.54) is 32.7 Å². The van der Waals surface area contributed by atoms with Crippen LogP contribution in [0, 0.1) is 13.8 Å². The first kappa shape index (κ1) is 20.3. The number of aryl methyl sites for hydroxylation is 2. The van der Waals surface area contributed by atoms with E-state index < -0.39 is 18.6 Å². The monoisotopic (exact) mass is 536 g/mol. The Balaban J connectivity index is 0.000000144. The summed E-state index contributed by atoms with van der Waals surface area (Å²) in [6, 6.07) is 25.7. The van der Waals surface area contributed by atoms with Gasteiger partial charge in [0.25, 0.3) is 0 Å². The van der Waals surface area contributed by atoms with Crippen molar-refractivity contribution in [2.24, 2.45) is 0 Å². The van der Waals surface area contributed by atoms with Crippen LogP contribution in [0.15, 0.2) is 72.8 Å². The van der Waals surface area contributed by atoms with Crippen LogP contribution >= 0.6 is 17.2 Å². The van der Waals surface area contributed by atoms with Crippen LogP contribution in [0.2, 0.25) is 0 Å². The van der Waals surface area contributed by atoms with E-state index in [9.17, 15) is 0 Å². The Morgan fingerprint density at radius 1 is 0.760 bits per heavy atom. The molecule has 0 unspecified atom stereocenters. The maximum atomic E-state index is 5.39. The molecule has 0 aromatic heterocycles. The topological polar surface area (TPSA) is 0 Å². The molecule has 0 radical (unpaired) electrons. The third-order valence-corrected chi connectivity index (χ3v) is 8.95. The van der Waals surface area contributed by atoms with Gasteiger partial charge in [0.1, 0.15) is 0 Å². The summed E-state index contributed by atoms with van der Waals surface area (Å²) < 4.78 is 1.91. The SMILES string of the molecule is C[CH]=[Hf]([Cl])[Cl].Cc1ccc2cc[cH-]c2c1.Cc1ccc2cc[cH-]c2c1. The molecule has 0 spiro atoms. The summed E-state index contributed by atoms with van der Waals surface area (Å²) in [7, 11) is 10.8. The van der Waals surface area contributed by atoms with E-state index >= 15 is 0 Å². The van der Waals surface area contributed by atoms with Crippen molar-refractivity contribution >= 4 is 42.5 Å². The zero-order chi connectivity index (χ0) is 18.2. The summed E-state index contributed by atoms with van der Waals surface area (Å²) in [6.07, 6.45) is 0. The zero-order valence-electron chi connectivity index (χ0n) is 14.8. The fraction of sp³-hybridized carbons (Fsp3) is 0.136. The number of fused-ring (bicyclic) bond motifs is 2. The van der Waals surface area contributed by atoms with E-state index in [2.05, 4.69) is 86.6 Å². The fourth-order valence-electron chi connectivity index (χ4n) is 2.49. The van der Waals surface area contributed by atoms with E-state index in [-0.39, 0.29) is 0 Å². The van der Waals surface area contributed by atoms with Gasteiger partial charge < -0.3 is 0 Å². The zero-order valence-corrected chi connectivity index (χ0v) is 19.9. The van der Waals surface area contributed by atoms with Crippen LogP contribution in [0.3, 0.4) is 0 Å². The fourth-order valence-corrected chi connectivity index (χ4v) is 2.49.